The predicted octanol–water partition coefficient (Wildman–Crippen LogP) is 2.32. The van der Waals surface area contributed by atoms with E-state index in [0.29, 0.717) is 31.6 Å². The van der Waals surface area contributed by atoms with Gasteiger partial charge in [0, 0.05) is 37.9 Å². The molecule has 8 nitrogen and oxygen atoms in total. The summed E-state index contributed by atoms with van der Waals surface area (Å²) in [5, 5.41) is 15.1. The molecule has 0 spiro atoms. The Morgan fingerprint density at radius 2 is 2.13 bits per heavy atom. The van der Waals surface area contributed by atoms with Crippen LogP contribution in [0.4, 0.5) is 0 Å². The van der Waals surface area contributed by atoms with E-state index < -0.39 is 0 Å². The number of nitrogens with one attached hydrogen (secondary N) is 2. The van der Waals surface area contributed by atoms with Gasteiger partial charge in [0.25, 0.3) is 0 Å². The van der Waals surface area contributed by atoms with Crippen molar-refractivity contribution in [1.82, 2.24) is 25.2 Å². The van der Waals surface area contributed by atoms with Crippen LogP contribution in [0.3, 0.4) is 0 Å². The molecule has 1 aromatic carbocycles. The summed E-state index contributed by atoms with van der Waals surface area (Å²) >= 11 is 0. The monoisotopic (exact) mass is 408 g/mol. The summed E-state index contributed by atoms with van der Waals surface area (Å²) in [7, 11) is 1.75. The lowest BCUT2D eigenvalue weighted by molar-refractivity contribution is 0.166. The zero-order valence-corrected chi connectivity index (χ0v) is 17.5. The van der Waals surface area contributed by atoms with Crippen LogP contribution in [0.25, 0.3) is 5.65 Å². The molecule has 3 heterocycles. The molecule has 1 saturated heterocycles. The Hall–Kier alpha value is -3.13. The van der Waals surface area contributed by atoms with Crippen LogP contribution >= 0.6 is 0 Å². The van der Waals surface area contributed by atoms with Crippen LogP contribution < -0.4 is 15.4 Å². The van der Waals surface area contributed by atoms with E-state index in [4.69, 9.17) is 9.47 Å². The lowest BCUT2D eigenvalue weighted by Gasteiger charge is -2.16. The maximum Gasteiger partial charge on any atom is 0.191 e. The average Bonchev–Trinajstić information content (AvgIpc) is 3.43. The van der Waals surface area contributed by atoms with Gasteiger partial charge in [-0.2, -0.15) is 0 Å². The number of guanidine groups is 1. The summed E-state index contributed by atoms with van der Waals surface area (Å²) in [6, 6.07) is 12.1. The molecule has 3 aromatic rings. The fraction of sp³-hybridized carbons (Fsp3) is 0.409. The fourth-order valence-corrected chi connectivity index (χ4v) is 3.44. The first-order valence-corrected chi connectivity index (χ1v) is 10.3. The number of aliphatic imine (C=N–C) groups is 1. The molecule has 8 heteroatoms. The quantitative estimate of drug-likeness (QED) is 0.461. The highest BCUT2D eigenvalue weighted by Crippen LogP contribution is 2.22. The summed E-state index contributed by atoms with van der Waals surface area (Å²) in [5.74, 6) is 2.90. The molecule has 1 unspecified atom stereocenters. The molecule has 0 saturated carbocycles. The van der Waals surface area contributed by atoms with Gasteiger partial charge in [0.2, 0.25) is 0 Å². The summed E-state index contributed by atoms with van der Waals surface area (Å²) in [6.07, 6.45) is 3.01. The molecule has 1 atom stereocenters. The largest absolute Gasteiger partial charge is 0.493 e. The number of aromatic nitrogens is 3. The predicted molar refractivity (Wildman–Crippen MR) is 116 cm³/mol. The molecular weight excluding hydrogens is 380 g/mol. The van der Waals surface area contributed by atoms with Crippen LogP contribution in [0.15, 0.2) is 47.6 Å². The van der Waals surface area contributed by atoms with Crippen LogP contribution in [-0.4, -0.2) is 47.4 Å². The molecule has 0 bridgehead atoms. The molecule has 1 aliphatic heterocycles. The molecule has 1 fully saturated rings. The maximum atomic E-state index is 6.13. The van der Waals surface area contributed by atoms with Crippen molar-refractivity contribution in [1.29, 1.82) is 0 Å². The Balaban J connectivity index is 1.35. The van der Waals surface area contributed by atoms with Gasteiger partial charge >= 0.3 is 0 Å². The van der Waals surface area contributed by atoms with Crippen molar-refractivity contribution < 1.29 is 9.47 Å². The van der Waals surface area contributed by atoms with Gasteiger partial charge in [-0.3, -0.25) is 9.39 Å². The van der Waals surface area contributed by atoms with Crippen molar-refractivity contribution in [2.24, 2.45) is 10.9 Å². The molecule has 0 aliphatic carbocycles. The number of ether oxygens (including phenoxy) is 2. The number of pyridine rings is 1. The Morgan fingerprint density at radius 1 is 1.23 bits per heavy atom. The van der Waals surface area contributed by atoms with Gasteiger partial charge in [0.05, 0.1) is 19.8 Å². The third kappa shape index (κ3) is 4.88. The average molecular weight is 409 g/mol. The van der Waals surface area contributed by atoms with Crippen molar-refractivity contribution in [3.8, 4) is 5.75 Å². The number of hydrogen-bond acceptors (Lipinski definition) is 5. The molecule has 0 radical (unpaired) electrons. The van der Waals surface area contributed by atoms with Gasteiger partial charge in [-0.25, -0.2) is 0 Å². The van der Waals surface area contributed by atoms with Gasteiger partial charge in [-0.15, -0.1) is 10.2 Å². The Labute approximate surface area is 176 Å². The molecule has 158 valence electrons. The van der Waals surface area contributed by atoms with Crippen molar-refractivity contribution in [2.45, 2.75) is 26.4 Å². The molecular formula is C22H28N6O2. The lowest BCUT2D eigenvalue weighted by atomic mass is 10.1. The van der Waals surface area contributed by atoms with Crippen LogP contribution in [0.1, 0.15) is 23.4 Å². The van der Waals surface area contributed by atoms with E-state index in [-0.39, 0.29) is 0 Å². The smallest absolute Gasteiger partial charge is 0.191 e. The van der Waals surface area contributed by atoms with E-state index in [0.717, 1.165) is 42.4 Å². The van der Waals surface area contributed by atoms with Crippen molar-refractivity contribution in [3.05, 3.63) is 59.5 Å². The maximum absolute atomic E-state index is 6.13. The van der Waals surface area contributed by atoms with Crippen LogP contribution in [0.5, 0.6) is 5.75 Å². The van der Waals surface area contributed by atoms with Crippen molar-refractivity contribution >= 4 is 11.6 Å². The van der Waals surface area contributed by atoms with E-state index in [2.05, 4.69) is 50.9 Å². The van der Waals surface area contributed by atoms with Gasteiger partial charge < -0.3 is 20.1 Å². The van der Waals surface area contributed by atoms with E-state index >= 15 is 0 Å². The zero-order chi connectivity index (χ0) is 20.8. The second-order valence-corrected chi connectivity index (χ2v) is 7.48. The standard InChI is InChI=1S/C22H28N6O2/c1-16-6-7-18(19(11-16)30-15-17-8-10-29-14-17)12-24-22(23-2)25-13-21-27-26-20-5-3-4-9-28(20)21/h3-7,9,11,17H,8,10,12-15H2,1-2H3,(H2,23,24,25). The van der Waals surface area contributed by atoms with Crippen LogP contribution in [0.2, 0.25) is 0 Å². The summed E-state index contributed by atoms with van der Waals surface area (Å²) in [5.41, 5.74) is 3.10. The number of nitrogens with zero attached hydrogens (tertiary/aromatic N) is 4. The number of rotatable bonds is 7. The van der Waals surface area contributed by atoms with Gasteiger partial charge in [0.1, 0.15) is 5.75 Å². The Kier molecular flexibility index (Phi) is 6.44. The summed E-state index contributed by atoms with van der Waals surface area (Å²) in [6.45, 7) is 5.50. The van der Waals surface area contributed by atoms with E-state index in [1.165, 1.54) is 5.56 Å². The minimum absolute atomic E-state index is 0.471. The molecule has 2 aromatic heterocycles. The number of aryl methyl sites for hydroxylation is 1. The molecule has 30 heavy (non-hydrogen) atoms. The lowest BCUT2D eigenvalue weighted by Crippen LogP contribution is -2.36. The highest BCUT2D eigenvalue weighted by molar-refractivity contribution is 5.79. The minimum atomic E-state index is 0.471. The molecule has 4 rings (SSSR count). The second-order valence-electron chi connectivity index (χ2n) is 7.48. The molecule has 1 aliphatic rings. The fourth-order valence-electron chi connectivity index (χ4n) is 3.44. The number of hydrogen-bond donors (Lipinski definition) is 2. The topological polar surface area (TPSA) is 85.1 Å². The highest BCUT2D eigenvalue weighted by Gasteiger charge is 2.17. The normalized spacial score (nSPS) is 16.7. The molecule has 2 N–H and O–H groups in total. The summed E-state index contributed by atoms with van der Waals surface area (Å²) < 4.78 is 13.5. The third-order valence-corrected chi connectivity index (χ3v) is 5.19. The Bertz CT molecular complexity index is 1010. The van der Waals surface area contributed by atoms with Gasteiger partial charge in [-0.05, 0) is 37.1 Å². The SMILES string of the molecule is CN=C(NCc1ccc(C)cc1OCC1CCOC1)NCc1nnc2ccccn12. The van der Waals surface area contributed by atoms with Crippen molar-refractivity contribution in [3.63, 3.8) is 0 Å². The van der Waals surface area contributed by atoms with Crippen molar-refractivity contribution in [2.75, 3.05) is 26.9 Å². The third-order valence-electron chi connectivity index (χ3n) is 5.19. The van der Waals surface area contributed by atoms with Gasteiger partial charge in [-0.1, -0.05) is 18.2 Å². The van der Waals surface area contributed by atoms with E-state index in [9.17, 15) is 0 Å². The zero-order valence-electron chi connectivity index (χ0n) is 17.5. The summed E-state index contributed by atoms with van der Waals surface area (Å²) in [4.78, 5) is 4.32. The first kappa shape index (κ1) is 20.2. The van der Waals surface area contributed by atoms with Crippen LogP contribution in [0, 0.1) is 12.8 Å². The highest BCUT2D eigenvalue weighted by atomic mass is 16.5. The number of benzene rings is 1. The van der Waals surface area contributed by atoms with E-state index in [1.807, 2.05) is 28.8 Å². The second kappa shape index (κ2) is 9.58. The molecule has 0 amide bonds. The van der Waals surface area contributed by atoms with Crippen LogP contribution in [-0.2, 0) is 17.8 Å². The first-order valence-electron chi connectivity index (χ1n) is 10.3. The van der Waals surface area contributed by atoms with Gasteiger partial charge in [0.15, 0.2) is 17.4 Å². The Morgan fingerprint density at radius 3 is 2.97 bits per heavy atom. The number of fused-ring (bicyclic) bond motifs is 1. The first-order chi connectivity index (χ1) is 14.7. The minimum Gasteiger partial charge on any atom is -0.493 e. The van der Waals surface area contributed by atoms with E-state index in [1.54, 1.807) is 7.05 Å².